The SMILES string of the molecule is CO[C@@H](CC(C)(C)C)/N=C/N. The molecular formula is C8H18N2O. The van der Waals surface area contributed by atoms with E-state index in [9.17, 15) is 0 Å². The molecule has 2 N–H and O–H groups in total. The lowest BCUT2D eigenvalue weighted by Gasteiger charge is -2.21. The summed E-state index contributed by atoms with van der Waals surface area (Å²) in [5.41, 5.74) is 5.38. The molecular weight excluding hydrogens is 140 g/mol. The first kappa shape index (κ1) is 10.4. The summed E-state index contributed by atoms with van der Waals surface area (Å²) in [6.45, 7) is 6.43. The maximum atomic E-state index is 5.15. The van der Waals surface area contributed by atoms with E-state index in [0.717, 1.165) is 6.42 Å². The van der Waals surface area contributed by atoms with Gasteiger partial charge in [-0.25, -0.2) is 4.99 Å². The summed E-state index contributed by atoms with van der Waals surface area (Å²) in [6.07, 6.45) is 2.08. The van der Waals surface area contributed by atoms with E-state index in [1.807, 2.05) is 0 Å². The first-order valence-corrected chi connectivity index (χ1v) is 3.76. The zero-order valence-electron chi connectivity index (χ0n) is 7.79. The molecule has 0 bridgehead atoms. The minimum Gasteiger partial charge on any atom is -0.390 e. The number of nitrogens with zero attached hydrogens (tertiary/aromatic N) is 1. The maximum Gasteiger partial charge on any atom is 0.150 e. The van der Waals surface area contributed by atoms with Crippen molar-refractivity contribution in [2.45, 2.75) is 33.4 Å². The van der Waals surface area contributed by atoms with Crippen LogP contribution in [0.3, 0.4) is 0 Å². The zero-order valence-corrected chi connectivity index (χ0v) is 7.79. The van der Waals surface area contributed by atoms with Gasteiger partial charge in [-0.2, -0.15) is 0 Å². The quantitative estimate of drug-likeness (QED) is 0.498. The topological polar surface area (TPSA) is 47.6 Å². The monoisotopic (exact) mass is 158 g/mol. The van der Waals surface area contributed by atoms with Gasteiger partial charge in [-0.1, -0.05) is 20.8 Å². The fourth-order valence-corrected chi connectivity index (χ4v) is 0.817. The molecule has 0 saturated carbocycles. The van der Waals surface area contributed by atoms with Crippen LogP contribution in [0, 0.1) is 5.41 Å². The molecule has 0 unspecified atom stereocenters. The number of ether oxygens (including phenoxy) is 1. The van der Waals surface area contributed by atoms with Gasteiger partial charge in [0.1, 0.15) is 6.23 Å². The van der Waals surface area contributed by atoms with Gasteiger partial charge in [0.15, 0.2) is 0 Å². The summed E-state index contributed by atoms with van der Waals surface area (Å²) in [5.74, 6) is 0. The summed E-state index contributed by atoms with van der Waals surface area (Å²) >= 11 is 0. The van der Waals surface area contributed by atoms with Crippen molar-refractivity contribution in [2.24, 2.45) is 16.1 Å². The average molecular weight is 158 g/mol. The molecule has 0 aromatic rings. The second-order valence-corrected chi connectivity index (χ2v) is 3.75. The average Bonchev–Trinajstić information content (AvgIpc) is 1.84. The van der Waals surface area contributed by atoms with Gasteiger partial charge in [0.2, 0.25) is 0 Å². The van der Waals surface area contributed by atoms with Crippen LogP contribution in [0.2, 0.25) is 0 Å². The van der Waals surface area contributed by atoms with E-state index in [2.05, 4.69) is 25.8 Å². The van der Waals surface area contributed by atoms with E-state index in [0.29, 0.717) is 0 Å². The molecule has 0 aliphatic heterocycles. The summed E-state index contributed by atoms with van der Waals surface area (Å²) in [7, 11) is 1.64. The molecule has 0 heterocycles. The van der Waals surface area contributed by atoms with E-state index in [-0.39, 0.29) is 11.6 Å². The molecule has 0 rings (SSSR count). The third-order valence-corrected chi connectivity index (χ3v) is 1.31. The first-order valence-electron chi connectivity index (χ1n) is 3.76. The van der Waals surface area contributed by atoms with Gasteiger partial charge < -0.3 is 10.5 Å². The molecule has 3 nitrogen and oxygen atoms in total. The highest BCUT2D eigenvalue weighted by Gasteiger charge is 2.16. The summed E-state index contributed by atoms with van der Waals surface area (Å²) < 4.78 is 5.09. The van der Waals surface area contributed by atoms with Crippen molar-refractivity contribution >= 4 is 6.34 Å². The van der Waals surface area contributed by atoms with Gasteiger partial charge in [-0.15, -0.1) is 0 Å². The highest BCUT2D eigenvalue weighted by atomic mass is 16.5. The molecule has 11 heavy (non-hydrogen) atoms. The number of methoxy groups -OCH3 is 1. The minimum absolute atomic E-state index is 0.0972. The van der Waals surface area contributed by atoms with Crippen LogP contribution in [0.25, 0.3) is 0 Å². The van der Waals surface area contributed by atoms with Crippen molar-refractivity contribution in [1.29, 1.82) is 0 Å². The smallest absolute Gasteiger partial charge is 0.150 e. The molecule has 0 aromatic carbocycles. The second-order valence-electron chi connectivity index (χ2n) is 3.75. The number of hydrogen-bond acceptors (Lipinski definition) is 2. The molecule has 1 atom stereocenters. The Morgan fingerprint density at radius 3 is 2.36 bits per heavy atom. The predicted octanol–water partition coefficient (Wildman–Crippen LogP) is 1.38. The van der Waals surface area contributed by atoms with E-state index < -0.39 is 0 Å². The van der Waals surface area contributed by atoms with Crippen LogP contribution in [0.1, 0.15) is 27.2 Å². The first-order chi connectivity index (χ1) is 4.99. The molecule has 0 fully saturated rings. The van der Waals surface area contributed by atoms with Gasteiger partial charge in [0.25, 0.3) is 0 Å². The third kappa shape index (κ3) is 5.85. The maximum absolute atomic E-state index is 5.15. The zero-order chi connectivity index (χ0) is 8.91. The van der Waals surface area contributed by atoms with Gasteiger partial charge in [0.05, 0.1) is 6.34 Å². The highest BCUT2D eigenvalue weighted by Crippen LogP contribution is 2.22. The molecule has 0 amide bonds. The minimum atomic E-state index is -0.0972. The van der Waals surface area contributed by atoms with Crippen LogP contribution < -0.4 is 5.73 Å². The third-order valence-electron chi connectivity index (χ3n) is 1.31. The fraction of sp³-hybridized carbons (Fsp3) is 0.875. The van der Waals surface area contributed by atoms with Crippen molar-refractivity contribution in [3.8, 4) is 0 Å². The largest absolute Gasteiger partial charge is 0.390 e. The second kappa shape index (κ2) is 4.34. The lowest BCUT2D eigenvalue weighted by atomic mass is 9.91. The number of rotatable bonds is 3. The van der Waals surface area contributed by atoms with Gasteiger partial charge in [0, 0.05) is 7.11 Å². The molecule has 3 heteroatoms. The van der Waals surface area contributed by atoms with Gasteiger partial charge in [-0.3, -0.25) is 0 Å². The predicted molar refractivity (Wildman–Crippen MR) is 47.5 cm³/mol. The Hall–Kier alpha value is -0.570. The van der Waals surface area contributed by atoms with E-state index in [4.69, 9.17) is 10.5 Å². The van der Waals surface area contributed by atoms with Crippen molar-refractivity contribution in [3.63, 3.8) is 0 Å². The van der Waals surface area contributed by atoms with E-state index in [1.165, 1.54) is 6.34 Å². The summed E-state index contributed by atoms with van der Waals surface area (Å²) in [6, 6.07) is 0. The van der Waals surface area contributed by atoms with Crippen LogP contribution in [-0.4, -0.2) is 19.7 Å². The molecule has 66 valence electrons. The molecule has 0 aliphatic rings. The number of nitrogens with two attached hydrogens (primary N) is 1. The Kier molecular flexibility index (Phi) is 4.11. The van der Waals surface area contributed by atoms with Crippen LogP contribution >= 0.6 is 0 Å². The van der Waals surface area contributed by atoms with E-state index >= 15 is 0 Å². The molecule has 0 radical (unpaired) electrons. The van der Waals surface area contributed by atoms with Crippen LogP contribution in [-0.2, 0) is 4.74 Å². The molecule has 0 spiro atoms. The van der Waals surface area contributed by atoms with Gasteiger partial charge >= 0.3 is 0 Å². The Labute approximate surface area is 68.6 Å². The number of hydrogen-bond donors (Lipinski definition) is 1. The highest BCUT2D eigenvalue weighted by molar-refractivity contribution is 5.51. The van der Waals surface area contributed by atoms with Gasteiger partial charge in [-0.05, 0) is 11.8 Å². The Morgan fingerprint density at radius 2 is 2.09 bits per heavy atom. The molecule has 0 aromatic heterocycles. The van der Waals surface area contributed by atoms with Crippen LogP contribution in [0.15, 0.2) is 4.99 Å². The number of aliphatic imine (C=N–C) groups is 1. The molecule has 0 aliphatic carbocycles. The standard InChI is InChI=1S/C8H18N2O/c1-8(2,3)5-7(11-4)10-6-9/h6-7H,5H2,1-4H3,(H2,9,10)/t7-/m0/s1. The fourth-order valence-electron chi connectivity index (χ4n) is 0.817. The Balaban J connectivity index is 3.88. The normalized spacial score (nSPS) is 15.6. The lowest BCUT2D eigenvalue weighted by Crippen LogP contribution is -2.18. The van der Waals surface area contributed by atoms with Crippen molar-refractivity contribution in [2.75, 3.05) is 7.11 Å². The van der Waals surface area contributed by atoms with Crippen LogP contribution in [0.4, 0.5) is 0 Å². The summed E-state index contributed by atoms with van der Waals surface area (Å²) in [5, 5.41) is 0. The van der Waals surface area contributed by atoms with Crippen molar-refractivity contribution in [3.05, 3.63) is 0 Å². The van der Waals surface area contributed by atoms with Crippen molar-refractivity contribution < 1.29 is 4.74 Å². The summed E-state index contributed by atoms with van der Waals surface area (Å²) in [4.78, 5) is 3.96. The van der Waals surface area contributed by atoms with Crippen molar-refractivity contribution in [1.82, 2.24) is 0 Å². The Morgan fingerprint density at radius 1 is 1.55 bits per heavy atom. The van der Waals surface area contributed by atoms with Crippen LogP contribution in [0.5, 0.6) is 0 Å². The molecule has 0 saturated heterocycles. The van der Waals surface area contributed by atoms with E-state index in [1.54, 1.807) is 7.11 Å². The lowest BCUT2D eigenvalue weighted by molar-refractivity contribution is 0.0737. The Bertz CT molecular complexity index is 127.